The summed E-state index contributed by atoms with van der Waals surface area (Å²) in [5.74, 6) is -1.13. The minimum absolute atomic E-state index is 0.0334. The summed E-state index contributed by atoms with van der Waals surface area (Å²) in [6.07, 6.45) is 0. The molecule has 0 saturated heterocycles. The number of anilines is 1. The highest BCUT2D eigenvalue weighted by Gasteiger charge is 2.22. The number of nitrogens with one attached hydrogen (secondary N) is 1. The van der Waals surface area contributed by atoms with Gasteiger partial charge in [0.05, 0.1) is 4.90 Å². The van der Waals surface area contributed by atoms with E-state index in [1.54, 1.807) is 43.0 Å². The van der Waals surface area contributed by atoms with E-state index in [4.69, 9.17) is 9.84 Å². The van der Waals surface area contributed by atoms with Crippen LogP contribution in [0.25, 0.3) is 0 Å². The van der Waals surface area contributed by atoms with Crippen LogP contribution >= 0.6 is 0 Å². The third kappa shape index (κ3) is 5.29. The summed E-state index contributed by atoms with van der Waals surface area (Å²) in [6.45, 7) is 7.53. The minimum atomic E-state index is -4.00. The number of carboxylic acid groups (broad SMARTS) is 1. The molecule has 8 nitrogen and oxygen atoms in total. The van der Waals surface area contributed by atoms with Crippen LogP contribution in [0.4, 0.5) is 5.69 Å². The van der Waals surface area contributed by atoms with E-state index >= 15 is 0 Å². The molecule has 0 bridgehead atoms. The Morgan fingerprint density at radius 1 is 1.10 bits per heavy atom. The molecule has 2 N–H and O–H groups in total. The zero-order valence-corrected chi connectivity index (χ0v) is 18.2. The van der Waals surface area contributed by atoms with Crippen molar-refractivity contribution < 1.29 is 27.9 Å². The molecule has 0 radical (unpaired) electrons. The molecule has 0 fully saturated rings. The molecule has 0 aliphatic heterocycles. The van der Waals surface area contributed by atoms with Crippen molar-refractivity contribution in [1.82, 2.24) is 4.90 Å². The van der Waals surface area contributed by atoms with Crippen LogP contribution in [-0.2, 0) is 14.8 Å². The lowest BCUT2D eigenvalue weighted by atomic mass is 10.1. The Labute approximate surface area is 176 Å². The van der Waals surface area contributed by atoms with Gasteiger partial charge in [0.15, 0.2) is 6.61 Å². The number of amides is 1. The fourth-order valence-corrected chi connectivity index (χ4v) is 4.37. The number of carbonyl (C=O) groups is 2. The van der Waals surface area contributed by atoms with E-state index in [0.717, 1.165) is 0 Å². The van der Waals surface area contributed by atoms with Gasteiger partial charge in [0.1, 0.15) is 5.75 Å². The Balaban J connectivity index is 2.36. The predicted molar refractivity (Wildman–Crippen MR) is 114 cm³/mol. The number of rotatable bonds is 9. The van der Waals surface area contributed by atoms with Gasteiger partial charge in [-0.3, -0.25) is 9.52 Å². The zero-order chi connectivity index (χ0) is 22.5. The molecule has 162 valence electrons. The molecule has 1 amide bonds. The predicted octanol–water partition coefficient (Wildman–Crippen LogP) is 3.05. The van der Waals surface area contributed by atoms with Crippen molar-refractivity contribution in [2.24, 2.45) is 0 Å². The minimum Gasteiger partial charge on any atom is -0.481 e. The zero-order valence-electron chi connectivity index (χ0n) is 17.4. The second-order valence-corrected chi connectivity index (χ2v) is 8.33. The maximum Gasteiger partial charge on any atom is 0.341 e. The molecule has 0 saturated carbocycles. The molecular weight excluding hydrogens is 408 g/mol. The highest BCUT2D eigenvalue weighted by Crippen LogP contribution is 2.30. The molecule has 2 aromatic rings. The van der Waals surface area contributed by atoms with E-state index in [1.807, 2.05) is 13.8 Å². The van der Waals surface area contributed by atoms with Gasteiger partial charge >= 0.3 is 5.97 Å². The number of nitrogens with zero attached hydrogens (tertiary/aromatic N) is 1. The van der Waals surface area contributed by atoms with E-state index in [0.29, 0.717) is 29.8 Å². The average molecular weight is 435 g/mol. The lowest BCUT2D eigenvalue weighted by Crippen LogP contribution is -2.30. The maximum absolute atomic E-state index is 13.0. The molecule has 9 heteroatoms. The van der Waals surface area contributed by atoms with Crippen LogP contribution in [0.2, 0.25) is 0 Å². The first-order valence-electron chi connectivity index (χ1n) is 9.47. The Kier molecular flexibility index (Phi) is 7.44. The average Bonchev–Trinajstić information content (AvgIpc) is 2.68. The van der Waals surface area contributed by atoms with Crippen molar-refractivity contribution in [1.29, 1.82) is 0 Å². The third-order valence-corrected chi connectivity index (χ3v) is 6.12. The molecule has 0 unspecified atom stereocenters. The maximum atomic E-state index is 13.0. The molecule has 2 rings (SSSR count). The van der Waals surface area contributed by atoms with Crippen molar-refractivity contribution in [3.63, 3.8) is 0 Å². The molecule has 2 aromatic carbocycles. The molecule has 0 atom stereocenters. The largest absolute Gasteiger partial charge is 0.481 e. The van der Waals surface area contributed by atoms with E-state index in [9.17, 15) is 18.0 Å². The highest BCUT2D eigenvalue weighted by atomic mass is 32.2. The van der Waals surface area contributed by atoms with Gasteiger partial charge in [-0.05, 0) is 57.5 Å². The highest BCUT2D eigenvalue weighted by molar-refractivity contribution is 7.92. The normalized spacial score (nSPS) is 11.1. The summed E-state index contributed by atoms with van der Waals surface area (Å²) in [5.41, 5.74) is 1.56. The molecule has 0 heterocycles. The summed E-state index contributed by atoms with van der Waals surface area (Å²) < 4.78 is 33.7. The Morgan fingerprint density at radius 3 is 2.37 bits per heavy atom. The Hall–Kier alpha value is -3.07. The number of carbonyl (C=O) groups excluding carboxylic acids is 1. The summed E-state index contributed by atoms with van der Waals surface area (Å²) in [7, 11) is -4.00. The molecule has 30 heavy (non-hydrogen) atoms. The van der Waals surface area contributed by atoms with Crippen molar-refractivity contribution in [3.8, 4) is 5.75 Å². The van der Waals surface area contributed by atoms with Gasteiger partial charge < -0.3 is 14.7 Å². The second kappa shape index (κ2) is 9.62. The number of benzene rings is 2. The number of hydrogen-bond acceptors (Lipinski definition) is 5. The fraction of sp³-hybridized carbons (Fsp3) is 0.333. The van der Waals surface area contributed by atoms with E-state index < -0.39 is 22.6 Å². The van der Waals surface area contributed by atoms with Gasteiger partial charge in [0.2, 0.25) is 0 Å². The summed E-state index contributed by atoms with van der Waals surface area (Å²) in [6, 6.07) is 9.28. The van der Waals surface area contributed by atoms with Crippen LogP contribution in [-0.4, -0.2) is 50.0 Å². The van der Waals surface area contributed by atoms with Gasteiger partial charge in [0.25, 0.3) is 15.9 Å². The van der Waals surface area contributed by atoms with Crippen LogP contribution in [0, 0.1) is 13.8 Å². The smallest absolute Gasteiger partial charge is 0.341 e. The fourth-order valence-electron chi connectivity index (χ4n) is 3.08. The number of aryl methyl sites for hydroxylation is 1. The van der Waals surface area contributed by atoms with E-state index in [1.165, 1.54) is 12.1 Å². The van der Waals surface area contributed by atoms with Crippen LogP contribution < -0.4 is 9.46 Å². The van der Waals surface area contributed by atoms with E-state index in [-0.39, 0.29) is 22.2 Å². The summed E-state index contributed by atoms with van der Waals surface area (Å²) in [5, 5.41) is 8.84. The van der Waals surface area contributed by atoms with Crippen LogP contribution in [0.5, 0.6) is 5.75 Å². The number of aliphatic carboxylic acids is 1. The first-order chi connectivity index (χ1) is 14.1. The lowest BCUT2D eigenvalue weighted by Gasteiger charge is -2.19. The molecular formula is C21H26N2O6S. The van der Waals surface area contributed by atoms with Gasteiger partial charge in [-0.15, -0.1) is 0 Å². The lowest BCUT2D eigenvalue weighted by molar-refractivity contribution is -0.139. The van der Waals surface area contributed by atoms with Crippen LogP contribution in [0.15, 0.2) is 41.3 Å². The van der Waals surface area contributed by atoms with Crippen LogP contribution in [0.3, 0.4) is 0 Å². The summed E-state index contributed by atoms with van der Waals surface area (Å²) >= 11 is 0. The van der Waals surface area contributed by atoms with Crippen molar-refractivity contribution in [2.45, 2.75) is 32.6 Å². The number of ether oxygens (including phenoxy) is 1. The first-order valence-corrected chi connectivity index (χ1v) is 11.0. The Morgan fingerprint density at radius 2 is 1.77 bits per heavy atom. The third-order valence-electron chi connectivity index (χ3n) is 4.59. The van der Waals surface area contributed by atoms with Gasteiger partial charge in [0, 0.05) is 29.9 Å². The van der Waals surface area contributed by atoms with Crippen molar-refractivity contribution >= 4 is 27.6 Å². The first kappa shape index (κ1) is 23.2. The molecule has 0 spiro atoms. The number of hydrogen-bond donors (Lipinski definition) is 2. The quantitative estimate of drug-likeness (QED) is 0.627. The standard InChI is InChI=1S/C21H26N2O6S/c1-5-23(6-2)21(26)16-8-7-9-17(12-16)22-30(27,28)18-11-10-14(3)20(15(18)4)29-13-19(24)25/h7-12,22H,5-6,13H2,1-4H3,(H,24,25). The van der Waals surface area contributed by atoms with Crippen molar-refractivity contribution in [2.75, 3.05) is 24.4 Å². The number of sulfonamides is 1. The second-order valence-electron chi connectivity index (χ2n) is 6.68. The summed E-state index contributed by atoms with van der Waals surface area (Å²) in [4.78, 5) is 25.0. The van der Waals surface area contributed by atoms with Gasteiger partial charge in [-0.2, -0.15) is 0 Å². The molecule has 0 aromatic heterocycles. The Bertz CT molecular complexity index is 1050. The van der Waals surface area contributed by atoms with Crippen molar-refractivity contribution in [3.05, 3.63) is 53.1 Å². The molecule has 0 aliphatic rings. The van der Waals surface area contributed by atoms with Crippen LogP contribution in [0.1, 0.15) is 35.3 Å². The number of carboxylic acids is 1. The van der Waals surface area contributed by atoms with E-state index in [2.05, 4.69) is 4.72 Å². The SMILES string of the molecule is CCN(CC)C(=O)c1cccc(NS(=O)(=O)c2ccc(C)c(OCC(=O)O)c2C)c1. The monoisotopic (exact) mass is 434 g/mol. The topological polar surface area (TPSA) is 113 Å². The van der Waals surface area contributed by atoms with Gasteiger partial charge in [-0.25, -0.2) is 13.2 Å². The molecule has 0 aliphatic carbocycles. The van der Waals surface area contributed by atoms with Gasteiger partial charge in [-0.1, -0.05) is 12.1 Å².